The second-order valence-electron chi connectivity index (χ2n) is 4.08. The third-order valence-corrected chi connectivity index (χ3v) is 2.94. The van der Waals surface area contributed by atoms with Crippen LogP contribution >= 0.6 is 0 Å². The van der Waals surface area contributed by atoms with Gasteiger partial charge in [0.15, 0.2) is 5.78 Å². The number of Topliss-reactive ketones (excluding diaryl/α,β-unsaturated/α-hetero) is 1. The number of carbonyl (C=O) groups is 1. The van der Waals surface area contributed by atoms with Gasteiger partial charge in [-0.15, -0.1) is 5.10 Å². The van der Waals surface area contributed by atoms with Crippen molar-refractivity contribution in [2.24, 2.45) is 0 Å². The summed E-state index contributed by atoms with van der Waals surface area (Å²) in [6.07, 6.45) is 2.53. The molecule has 0 spiro atoms. The van der Waals surface area contributed by atoms with E-state index in [1.165, 1.54) is 0 Å². The van der Waals surface area contributed by atoms with E-state index in [2.05, 4.69) is 10.3 Å². The molecular weight excluding hydrogens is 202 g/mol. The van der Waals surface area contributed by atoms with Gasteiger partial charge in [0.25, 0.3) is 0 Å². The van der Waals surface area contributed by atoms with E-state index in [1.54, 1.807) is 4.68 Å². The molecule has 0 aliphatic heterocycles. The highest BCUT2D eigenvalue weighted by atomic mass is 16.1. The van der Waals surface area contributed by atoms with Gasteiger partial charge in [-0.05, 0) is 12.5 Å². The van der Waals surface area contributed by atoms with Crippen LogP contribution in [0.3, 0.4) is 0 Å². The average Bonchev–Trinajstić information content (AvgIpc) is 2.84. The summed E-state index contributed by atoms with van der Waals surface area (Å²) in [5.74, 6) is 0.139. The van der Waals surface area contributed by atoms with Crippen molar-refractivity contribution in [3.63, 3.8) is 0 Å². The summed E-state index contributed by atoms with van der Waals surface area (Å²) in [6.45, 7) is 1.87. The molecule has 16 heavy (non-hydrogen) atoms. The van der Waals surface area contributed by atoms with Crippen molar-refractivity contribution >= 4 is 5.78 Å². The predicted octanol–water partition coefficient (Wildman–Crippen LogP) is 1.57. The van der Waals surface area contributed by atoms with E-state index in [-0.39, 0.29) is 11.8 Å². The summed E-state index contributed by atoms with van der Waals surface area (Å²) in [5.41, 5.74) is 2.76. The molecule has 0 N–H and O–H groups in total. The first-order valence-electron chi connectivity index (χ1n) is 5.26. The molecule has 0 amide bonds. The quantitative estimate of drug-likeness (QED) is 0.722. The Kier molecular flexibility index (Phi) is 1.89. The van der Waals surface area contributed by atoms with Crippen LogP contribution in [0.1, 0.15) is 27.7 Å². The third kappa shape index (κ3) is 1.26. The fraction of sp³-hybridized carbons (Fsp3) is 0.250. The summed E-state index contributed by atoms with van der Waals surface area (Å²) in [7, 11) is 0. The third-order valence-electron chi connectivity index (χ3n) is 2.94. The van der Waals surface area contributed by atoms with E-state index in [1.807, 2.05) is 37.4 Å². The first-order valence-corrected chi connectivity index (χ1v) is 5.26. The van der Waals surface area contributed by atoms with Crippen molar-refractivity contribution in [1.29, 1.82) is 0 Å². The molecule has 0 radical (unpaired) electrons. The molecular formula is C12H11N3O. The van der Waals surface area contributed by atoms with Crippen LogP contribution in [0.25, 0.3) is 0 Å². The molecule has 2 aromatic rings. The van der Waals surface area contributed by atoms with E-state index < -0.39 is 0 Å². The van der Waals surface area contributed by atoms with Crippen LogP contribution in [0, 0.1) is 6.92 Å². The van der Waals surface area contributed by atoms with Gasteiger partial charge in [-0.25, -0.2) is 4.68 Å². The van der Waals surface area contributed by atoms with E-state index in [0.717, 1.165) is 23.2 Å². The van der Waals surface area contributed by atoms with Crippen LogP contribution in [0.15, 0.2) is 30.5 Å². The zero-order valence-corrected chi connectivity index (χ0v) is 8.92. The Morgan fingerprint density at radius 2 is 2.19 bits per heavy atom. The van der Waals surface area contributed by atoms with Gasteiger partial charge in [0, 0.05) is 18.2 Å². The monoisotopic (exact) mass is 213 g/mol. The van der Waals surface area contributed by atoms with Crippen molar-refractivity contribution in [1.82, 2.24) is 15.0 Å². The Hall–Kier alpha value is -1.97. The van der Waals surface area contributed by atoms with Crippen molar-refractivity contribution in [3.8, 4) is 0 Å². The summed E-state index contributed by atoms with van der Waals surface area (Å²) >= 11 is 0. The highest BCUT2D eigenvalue weighted by Gasteiger charge is 2.32. The second kappa shape index (κ2) is 3.27. The first kappa shape index (κ1) is 9.27. The summed E-state index contributed by atoms with van der Waals surface area (Å²) in [6, 6.07) is 7.52. The minimum absolute atomic E-state index is 0.139. The summed E-state index contributed by atoms with van der Waals surface area (Å²) < 4.78 is 1.66. The first-order chi connectivity index (χ1) is 7.75. The number of nitrogens with zero attached hydrogens (tertiary/aromatic N) is 3. The number of fused-ring (bicyclic) bond motifs is 1. The molecule has 0 saturated carbocycles. The van der Waals surface area contributed by atoms with Crippen molar-refractivity contribution in [3.05, 3.63) is 47.3 Å². The van der Waals surface area contributed by atoms with Crippen LogP contribution in [-0.2, 0) is 6.42 Å². The number of aryl methyl sites for hydroxylation is 1. The maximum absolute atomic E-state index is 12.1. The largest absolute Gasteiger partial charge is 0.292 e. The minimum Gasteiger partial charge on any atom is -0.292 e. The standard InChI is InChI=1S/C12H11N3O/c1-8-7-15(14-13-8)11-6-9-4-2-3-5-10(9)12(11)16/h2-5,7,11H,6H2,1H3. The zero-order valence-electron chi connectivity index (χ0n) is 8.92. The lowest BCUT2D eigenvalue weighted by Gasteiger charge is -2.06. The lowest BCUT2D eigenvalue weighted by molar-refractivity contribution is 0.0933. The van der Waals surface area contributed by atoms with Gasteiger partial charge in [-0.2, -0.15) is 0 Å². The molecule has 0 saturated heterocycles. The van der Waals surface area contributed by atoms with Crippen LogP contribution in [0.2, 0.25) is 0 Å². The van der Waals surface area contributed by atoms with Crippen LogP contribution in [0.5, 0.6) is 0 Å². The fourth-order valence-electron chi connectivity index (χ4n) is 2.15. The van der Waals surface area contributed by atoms with E-state index in [4.69, 9.17) is 0 Å². The number of hydrogen-bond donors (Lipinski definition) is 0. The van der Waals surface area contributed by atoms with Crippen molar-refractivity contribution < 1.29 is 4.79 Å². The number of ketones is 1. The Morgan fingerprint density at radius 1 is 1.38 bits per heavy atom. The number of rotatable bonds is 1. The number of hydrogen-bond acceptors (Lipinski definition) is 3. The smallest absolute Gasteiger partial charge is 0.188 e. The molecule has 1 unspecified atom stereocenters. The van der Waals surface area contributed by atoms with E-state index >= 15 is 0 Å². The fourth-order valence-corrected chi connectivity index (χ4v) is 2.15. The zero-order chi connectivity index (χ0) is 11.1. The lowest BCUT2D eigenvalue weighted by Crippen LogP contribution is -2.16. The molecule has 1 aliphatic carbocycles. The van der Waals surface area contributed by atoms with E-state index in [0.29, 0.717) is 0 Å². The molecule has 0 bridgehead atoms. The molecule has 4 heteroatoms. The molecule has 80 valence electrons. The van der Waals surface area contributed by atoms with Gasteiger partial charge in [0.05, 0.1) is 5.69 Å². The minimum atomic E-state index is -0.210. The van der Waals surface area contributed by atoms with Gasteiger partial charge in [0.1, 0.15) is 6.04 Å². The molecule has 1 aromatic carbocycles. The topological polar surface area (TPSA) is 47.8 Å². The van der Waals surface area contributed by atoms with E-state index in [9.17, 15) is 4.79 Å². The maximum atomic E-state index is 12.1. The summed E-state index contributed by atoms with van der Waals surface area (Å²) in [4.78, 5) is 12.1. The highest BCUT2D eigenvalue weighted by Crippen LogP contribution is 2.29. The molecule has 4 nitrogen and oxygen atoms in total. The number of carbonyl (C=O) groups excluding carboxylic acids is 1. The van der Waals surface area contributed by atoms with Gasteiger partial charge in [-0.3, -0.25) is 4.79 Å². The average molecular weight is 213 g/mol. The Morgan fingerprint density at radius 3 is 2.88 bits per heavy atom. The summed E-state index contributed by atoms with van der Waals surface area (Å²) in [5, 5.41) is 7.90. The van der Waals surface area contributed by atoms with Gasteiger partial charge < -0.3 is 0 Å². The molecule has 3 rings (SSSR count). The van der Waals surface area contributed by atoms with Gasteiger partial charge >= 0.3 is 0 Å². The molecule has 1 atom stereocenters. The molecule has 0 fully saturated rings. The van der Waals surface area contributed by atoms with Crippen molar-refractivity contribution in [2.45, 2.75) is 19.4 Å². The number of benzene rings is 1. The maximum Gasteiger partial charge on any atom is 0.188 e. The lowest BCUT2D eigenvalue weighted by atomic mass is 10.1. The van der Waals surface area contributed by atoms with Gasteiger partial charge in [-0.1, -0.05) is 29.5 Å². The van der Waals surface area contributed by atoms with Crippen LogP contribution < -0.4 is 0 Å². The second-order valence-corrected chi connectivity index (χ2v) is 4.08. The Labute approximate surface area is 92.9 Å². The Bertz CT molecular complexity index is 559. The normalized spacial score (nSPS) is 18.8. The predicted molar refractivity (Wildman–Crippen MR) is 58.3 cm³/mol. The Balaban J connectivity index is 2.01. The van der Waals surface area contributed by atoms with Crippen molar-refractivity contribution in [2.75, 3.05) is 0 Å². The highest BCUT2D eigenvalue weighted by molar-refractivity contribution is 6.03. The SMILES string of the molecule is Cc1cn(C2Cc3ccccc3C2=O)nn1. The molecule has 1 heterocycles. The molecule has 1 aromatic heterocycles. The van der Waals surface area contributed by atoms with Crippen LogP contribution in [0.4, 0.5) is 0 Å². The van der Waals surface area contributed by atoms with Gasteiger partial charge in [0.2, 0.25) is 0 Å². The molecule has 1 aliphatic rings. The van der Waals surface area contributed by atoms with Crippen LogP contribution in [-0.4, -0.2) is 20.8 Å². The number of aromatic nitrogens is 3.